The van der Waals surface area contributed by atoms with Crippen molar-refractivity contribution in [3.8, 4) is 6.07 Å². The minimum atomic E-state index is -0.286. The first-order valence-corrected chi connectivity index (χ1v) is 5.64. The lowest BCUT2D eigenvalue weighted by Crippen LogP contribution is -2.24. The minimum Gasteiger partial charge on any atom is -0.382 e. The second-order valence-corrected chi connectivity index (χ2v) is 4.34. The summed E-state index contributed by atoms with van der Waals surface area (Å²) in [5.74, 6) is -0.557. The zero-order valence-corrected chi connectivity index (χ0v) is 10.2. The molecule has 1 unspecified atom stereocenters. The molecule has 0 aliphatic carbocycles. The van der Waals surface area contributed by atoms with E-state index in [2.05, 4.69) is 11.4 Å². The van der Waals surface area contributed by atoms with Gasteiger partial charge < -0.3 is 5.32 Å². The van der Waals surface area contributed by atoms with Crippen molar-refractivity contribution in [1.82, 2.24) is 4.90 Å². The van der Waals surface area contributed by atoms with Crippen LogP contribution in [-0.2, 0) is 0 Å². The zero-order chi connectivity index (χ0) is 13.3. The van der Waals surface area contributed by atoms with E-state index >= 15 is 0 Å². The highest BCUT2D eigenvalue weighted by Crippen LogP contribution is 2.25. The fourth-order valence-electron chi connectivity index (χ4n) is 1.92. The summed E-state index contributed by atoms with van der Waals surface area (Å²) in [6.07, 6.45) is 0.379. The van der Waals surface area contributed by atoms with Crippen molar-refractivity contribution in [2.75, 3.05) is 12.4 Å². The molecular formula is C13H13N3O2. The molecule has 0 spiro atoms. The largest absolute Gasteiger partial charge is 0.382 e. The van der Waals surface area contributed by atoms with Gasteiger partial charge in [-0.3, -0.25) is 14.5 Å². The van der Waals surface area contributed by atoms with Crippen LogP contribution in [0.25, 0.3) is 0 Å². The summed E-state index contributed by atoms with van der Waals surface area (Å²) in [7, 11) is 1.47. The van der Waals surface area contributed by atoms with Crippen molar-refractivity contribution < 1.29 is 9.59 Å². The molecular weight excluding hydrogens is 230 g/mol. The van der Waals surface area contributed by atoms with E-state index in [-0.39, 0.29) is 17.9 Å². The van der Waals surface area contributed by atoms with Crippen LogP contribution in [0.3, 0.4) is 0 Å². The smallest absolute Gasteiger partial charge is 0.261 e. The maximum Gasteiger partial charge on any atom is 0.261 e. The number of amides is 2. The molecule has 2 amide bonds. The second kappa shape index (κ2) is 4.49. The van der Waals surface area contributed by atoms with Crippen molar-refractivity contribution in [2.45, 2.75) is 19.4 Å². The predicted octanol–water partition coefficient (Wildman–Crippen LogP) is 1.63. The number of rotatable bonds is 3. The Morgan fingerprint density at radius 2 is 2.00 bits per heavy atom. The minimum absolute atomic E-state index is 0.00186. The molecule has 0 saturated heterocycles. The first-order chi connectivity index (χ1) is 8.54. The van der Waals surface area contributed by atoms with Crippen molar-refractivity contribution in [1.29, 1.82) is 5.26 Å². The fourth-order valence-corrected chi connectivity index (χ4v) is 1.92. The highest BCUT2D eigenvalue weighted by molar-refractivity contribution is 6.21. The van der Waals surface area contributed by atoms with Crippen LogP contribution in [0.15, 0.2) is 18.2 Å². The molecule has 0 fully saturated rings. The van der Waals surface area contributed by atoms with Gasteiger partial charge in [0, 0.05) is 18.8 Å². The van der Waals surface area contributed by atoms with Gasteiger partial charge in [0.25, 0.3) is 11.8 Å². The van der Waals surface area contributed by atoms with Gasteiger partial charge in [-0.2, -0.15) is 5.26 Å². The molecule has 1 aromatic rings. The lowest BCUT2D eigenvalue weighted by Gasteiger charge is -2.12. The lowest BCUT2D eigenvalue weighted by molar-refractivity contribution is 0.0693. The number of nitrogens with zero attached hydrogens (tertiary/aromatic N) is 2. The molecule has 0 radical (unpaired) electrons. The van der Waals surface area contributed by atoms with Crippen molar-refractivity contribution in [3.63, 3.8) is 0 Å². The van der Waals surface area contributed by atoms with Gasteiger partial charge in [0.15, 0.2) is 0 Å². The van der Waals surface area contributed by atoms with Crippen LogP contribution in [0, 0.1) is 11.3 Å². The SMILES string of the molecule is CC(CC#N)Nc1ccc2c(c1)C(=O)N(C)C2=O. The lowest BCUT2D eigenvalue weighted by atomic mass is 10.1. The summed E-state index contributed by atoms with van der Waals surface area (Å²) in [5.41, 5.74) is 1.59. The summed E-state index contributed by atoms with van der Waals surface area (Å²) < 4.78 is 0. The number of carbonyl (C=O) groups is 2. The first-order valence-electron chi connectivity index (χ1n) is 5.64. The van der Waals surface area contributed by atoms with Crippen LogP contribution in [0.5, 0.6) is 0 Å². The Morgan fingerprint density at radius 3 is 2.67 bits per heavy atom. The number of carbonyl (C=O) groups excluding carboxylic acids is 2. The molecule has 1 aromatic carbocycles. The Labute approximate surface area is 105 Å². The van der Waals surface area contributed by atoms with Crippen LogP contribution in [0.4, 0.5) is 5.69 Å². The van der Waals surface area contributed by atoms with Gasteiger partial charge in [-0.15, -0.1) is 0 Å². The van der Waals surface area contributed by atoms with Gasteiger partial charge in [0.2, 0.25) is 0 Å². The Hall–Kier alpha value is -2.35. The quantitative estimate of drug-likeness (QED) is 0.819. The molecule has 0 saturated carbocycles. The molecule has 0 aromatic heterocycles. The average molecular weight is 243 g/mol. The van der Waals surface area contributed by atoms with E-state index in [1.54, 1.807) is 18.2 Å². The summed E-state index contributed by atoms with van der Waals surface area (Å²) >= 11 is 0. The fraction of sp³-hybridized carbons (Fsp3) is 0.308. The number of nitrogens with one attached hydrogen (secondary N) is 1. The van der Waals surface area contributed by atoms with E-state index in [1.165, 1.54) is 7.05 Å². The first kappa shape index (κ1) is 12.1. The van der Waals surface area contributed by atoms with E-state index in [4.69, 9.17) is 5.26 Å². The van der Waals surface area contributed by atoms with Crippen LogP contribution < -0.4 is 5.32 Å². The number of benzene rings is 1. The predicted molar refractivity (Wildman–Crippen MR) is 66.2 cm³/mol. The molecule has 18 heavy (non-hydrogen) atoms. The molecule has 5 heteroatoms. The number of nitriles is 1. The Bertz CT molecular complexity index is 560. The molecule has 0 bridgehead atoms. The summed E-state index contributed by atoms with van der Waals surface area (Å²) in [4.78, 5) is 24.6. The highest BCUT2D eigenvalue weighted by Gasteiger charge is 2.32. The molecule has 2 rings (SSSR count). The van der Waals surface area contributed by atoms with Gasteiger partial charge in [-0.1, -0.05) is 0 Å². The topological polar surface area (TPSA) is 73.2 Å². The average Bonchev–Trinajstić information content (AvgIpc) is 2.55. The third-order valence-electron chi connectivity index (χ3n) is 2.90. The molecule has 1 heterocycles. The Kier molecular flexibility index (Phi) is 3.02. The number of imide groups is 1. The monoisotopic (exact) mass is 243 g/mol. The van der Waals surface area contributed by atoms with Crippen LogP contribution in [0.2, 0.25) is 0 Å². The van der Waals surface area contributed by atoms with Gasteiger partial charge >= 0.3 is 0 Å². The van der Waals surface area contributed by atoms with E-state index in [0.29, 0.717) is 17.5 Å². The van der Waals surface area contributed by atoms with Gasteiger partial charge in [-0.25, -0.2) is 0 Å². The molecule has 5 nitrogen and oxygen atoms in total. The maximum absolute atomic E-state index is 11.8. The number of anilines is 1. The van der Waals surface area contributed by atoms with E-state index < -0.39 is 0 Å². The Morgan fingerprint density at radius 1 is 1.33 bits per heavy atom. The summed E-state index contributed by atoms with van der Waals surface area (Å²) in [5, 5.41) is 11.7. The molecule has 1 N–H and O–H groups in total. The highest BCUT2D eigenvalue weighted by atomic mass is 16.2. The van der Waals surface area contributed by atoms with Gasteiger partial charge in [0.1, 0.15) is 0 Å². The number of hydrogen-bond acceptors (Lipinski definition) is 4. The van der Waals surface area contributed by atoms with Crippen molar-refractivity contribution >= 4 is 17.5 Å². The summed E-state index contributed by atoms with van der Waals surface area (Å²) in [6, 6.07) is 7.12. The second-order valence-electron chi connectivity index (χ2n) is 4.34. The molecule has 1 aliphatic rings. The van der Waals surface area contributed by atoms with Crippen LogP contribution >= 0.6 is 0 Å². The number of fused-ring (bicyclic) bond motifs is 1. The Balaban J connectivity index is 2.27. The third-order valence-corrected chi connectivity index (χ3v) is 2.90. The van der Waals surface area contributed by atoms with Crippen LogP contribution in [0.1, 0.15) is 34.1 Å². The summed E-state index contributed by atoms with van der Waals surface area (Å²) in [6.45, 7) is 1.88. The standard InChI is InChI=1S/C13H13N3O2/c1-8(5-6-14)15-9-3-4-10-11(7-9)13(18)16(2)12(10)17/h3-4,7-8,15H,5H2,1-2H3. The van der Waals surface area contributed by atoms with Crippen molar-refractivity contribution in [2.24, 2.45) is 0 Å². The third kappa shape index (κ3) is 1.93. The molecule has 1 aliphatic heterocycles. The van der Waals surface area contributed by atoms with Gasteiger partial charge in [-0.05, 0) is 25.1 Å². The number of hydrogen-bond donors (Lipinski definition) is 1. The normalized spacial score (nSPS) is 15.3. The molecule has 92 valence electrons. The zero-order valence-electron chi connectivity index (χ0n) is 10.2. The molecule has 1 atom stereocenters. The van der Waals surface area contributed by atoms with E-state index in [9.17, 15) is 9.59 Å². The van der Waals surface area contributed by atoms with Crippen LogP contribution in [-0.4, -0.2) is 29.8 Å². The van der Waals surface area contributed by atoms with E-state index in [1.807, 2.05) is 6.92 Å². The van der Waals surface area contributed by atoms with Crippen molar-refractivity contribution in [3.05, 3.63) is 29.3 Å². The van der Waals surface area contributed by atoms with E-state index in [0.717, 1.165) is 10.6 Å². The maximum atomic E-state index is 11.8. The van der Waals surface area contributed by atoms with Gasteiger partial charge in [0.05, 0.1) is 23.6 Å².